The highest BCUT2D eigenvalue weighted by Gasteiger charge is 2.34. The molecule has 1 aliphatic carbocycles. The van der Waals surface area contributed by atoms with Gasteiger partial charge < -0.3 is 10.6 Å². The van der Waals surface area contributed by atoms with Crippen molar-refractivity contribution in [3.05, 3.63) is 0 Å². The highest BCUT2D eigenvalue weighted by Crippen LogP contribution is 2.28. The molecule has 1 heterocycles. The lowest BCUT2D eigenvalue weighted by Crippen LogP contribution is -2.60. The van der Waals surface area contributed by atoms with Crippen LogP contribution in [0.5, 0.6) is 0 Å². The third kappa shape index (κ3) is 1.28. The Kier molecular flexibility index (Phi) is 1.95. The van der Waals surface area contributed by atoms with Gasteiger partial charge in [-0.05, 0) is 25.7 Å². The minimum absolute atomic E-state index is 0.0191. The lowest BCUT2D eigenvalue weighted by Gasteiger charge is -2.40. The van der Waals surface area contributed by atoms with Crippen molar-refractivity contribution in [3.63, 3.8) is 0 Å². The van der Waals surface area contributed by atoms with E-state index >= 15 is 0 Å². The highest BCUT2D eigenvalue weighted by molar-refractivity contribution is 5.75. The molecule has 0 aromatic heterocycles. The summed E-state index contributed by atoms with van der Waals surface area (Å²) in [7, 11) is 0. The average Bonchev–Trinajstić information content (AvgIpc) is 2.04. The SMILES string of the molecule is CC1NC(=O)NC2CCCCC12. The van der Waals surface area contributed by atoms with Crippen LogP contribution in [0.1, 0.15) is 32.6 Å². The maximum absolute atomic E-state index is 11.1. The molecule has 2 amide bonds. The summed E-state index contributed by atoms with van der Waals surface area (Å²) in [6.45, 7) is 2.11. The zero-order chi connectivity index (χ0) is 8.55. The summed E-state index contributed by atoms with van der Waals surface area (Å²) in [5.74, 6) is 0.663. The van der Waals surface area contributed by atoms with Gasteiger partial charge in [0.1, 0.15) is 0 Å². The quantitative estimate of drug-likeness (QED) is 0.561. The molecule has 1 saturated carbocycles. The first-order valence-corrected chi connectivity index (χ1v) is 4.84. The molecular weight excluding hydrogens is 152 g/mol. The van der Waals surface area contributed by atoms with Crippen molar-refractivity contribution in [1.29, 1.82) is 0 Å². The number of amides is 2. The zero-order valence-electron chi connectivity index (χ0n) is 7.47. The molecule has 3 unspecified atom stereocenters. The molecular formula is C9H16N2O. The molecule has 0 radical (unpaired) electrons. The van der Waals surface area contributed by atoms with Crippen LogP contribution in [0, 0.1) is 5.92 Å². The van der Waals surface area contributed by atoms with Crippen LogP contribution in [0.15, 0.2) is 0 Å². The number of fused-ring (bicyclic) bond motifs is 1. The van der Waals surface area contributed by atoms with E-state index < -0.39 is 0 Å². The van der Waals surface area contributed by atoms with Crippen molar-refractivity contribution in [2.24, 2.45) is 5.92 Å². The third-order valence-corrected chi connectivity index (χ3v) is 3.14. The number of rotatable bonds is 0. The molecule has 3 heteroatoms. The number of carbonyl (C=O) groups excluding carboxylic acids is 1. The van der Waals surface area contributed by atoms with Gasteiger partial charge in [-0.15, -0.1) is 0 Å². The van der Waals surface area contributed by atoms with Crippen molar-refractivity contribution in [2.45, 2.75) is 44.7 Å². The summed E-state index contributed by atoms with van der Waals surface area (Å²) >= 11 is 0. The van der Waals surface area contributed by atoms with Gasteiger partial charge in [-0.1, -0.05) is 12.8 Å². The molecule has 0 bridgehead atoms. The molecule has 0 spiro atoms. The monoisotopic (exact) mass is 168 g/mol. The molecule has 0 aromatic carbocycles. The maximum atomic E-state index is 11.1. The second-order valence-corrected chi connectivity index (χ2v) is 3.96. The summed E-state index contributed by atoms with van der Waals surface area (Å²) < 4.78 is 0. The Balaban J connectivity index is 2.06. The Bertz CT molecular complexity index is 193. The molecule has 1 saturated heterocycles. The normalized spacial score (nSPS) is 41.1. The largest absolute Gasteiger partial charge is 0.335 e. The lowest BCUT2D eigenvalue weighted by molar-refractivity contribution is 0.168. The van der Waals surface area contributed by atoms with E-state index in [1.165, 1.54) is 25.7 Å². The summed E-state index contributed by atoms with van der Waals surface area (Å²) in [5.41, 5.74) is 0. The Morgan fingerprint density at radius 1 is 1.25 bits per heavy atom. The predicted molar refractivity (Wildman–Crippen MR) is 46.9 cm³/mol. The Morgan fingerprint density at radius 2 is 2.00 bits per heavy atom. The fourth-order valence-corrected chi connectivity index (χ4v) is 2.46. The van der Waals surface area contributed by atoms with Gasteiger partial charge in [0.15, 0.2) is 0 Å². The number of hydrogen-bond donors (Lipinski definition) is 2. The lowest BCUT2D eigenvalue weighted by atomic mass is 9.79. The second kappa shape index (κ2) is 2.96. The van der Waals surface area contributed by atoms with E-state index in [4.69, 9.17) is 0 Å². The van der Waals surface area contributed by atoms with Crippen LogP contribution in [0.3, 0.4) is 0 Å². The number of hydrogen-bond acceptors (Lipinski definition) is 1. The van der Waals surface area contributed by atoms with Crippen LogP contribution >= 0.6 is 0 Å². The van der Waals surface area contributed by atoms with E-state index in [0.29, 0.717) is 18.0 Å². The maximum Gasteiger partial charge on any atom is 0.315 e. The van der Waals surface area contributed by atoms with Crippen molar-refractivity contribution in [3.8, 4) is 0 Å². The van der Waals surface area contributed by atoms with E-state index in [-0.39, 0.29) is 6.03 Å². The average molecular weight is 168 g/mol. The molecule has 2 N–H and O–H groups in total. The highest BCUT2D eigenvalue weighted by atomic mass is 16.2. The second-order valence-electron chi connectivity index (χ2n) is 3.96. The Morgan fingerprint density at radius 3 is 2.83 bits per heavy atom. The van der Waals surface area contributed by atoms with Crippen LogP contribution in [0.2, 0.25) is 0 Å². The van der Waals surface area contributed by atoms with Gasteiger partial charge in [-0.25, -0.2) is 4.79 Å². The van der Waals surface area contributed by atoms with Gasteiger partial charge in [-0.3, -0.25) is 0 Å². The van der Waals surface area contributed by atoms with Crippen molar-refractivity contribution >= 4 is 6.03 Å². The minimum atomic E-state index is 0.0191. The smallest absolute Gasteiger partial charge is 0.315 e. The van der Waals surface area contributed by atoms with Crippen LogP contribution in [0.25, 0.3) is 0 Å². The zero-order valence-corrected chi connectivity index (χ0v) is 7.47. The molecule has 1 aliphatic heterocycles. The van der Waals surface area contributed by atoms with Gasteiger partial charge in [0.2, 0.25) is 0 Å². The molecule has 2 aliphatic rings. The first kappa shape index (κ1) is 7.90. The molecule has 2 fully saturated rings. The molecule has 3 atom stereocenters. The summed E-state index contributed by atoms with van der Waals surface area (Å²) in [5, 5.41) is 5.93. The van der Waals surface area contributed by atoms with Gasteiger partial charge in [-0.2, -0.15) is 0 Å². The summed E-state index contributed by atoms with van der Waals surface area (Å²) in [6.07, 6.45) is 5.03. The van der Waals surface area contributed by atoms with Gasteiger partial charge in [0.25, 0.3) is 0 Å². The van der Waals surface area contributed by atoms with E-state index in [2.05, 4.69) is 17.6 Å². The summed E-state index contributed by atoms with van der Waals surface area (Å²) in [6, 6.07) is 0.831. The molecule has 2 rings (SSSR count). The van der Waals surface area contributed by atoms with E-state index in [1.807, 2.05) is 0 Å². The van der Waals surface area contributed by atoms with Crippen molar-refractivity contribution < 1.29 is 4.79 Å². The third-order valence-electron chi connectivity index (χ3n) is 3.14. The summed E-state index contributed by atoms with van der Waals surface area (Å²) in [4.78, 5) is 11.1. The van der Waals surface area contributed by atoms with Crippen molar-refractivity contribution in [2.75, 3.05) is 0 Å². The van der Waals surface area contributed by atoms with E-state index in [0.717, 1.165) is 0 Å². The van der Waals surface area contributed by atoms with Gasteiger partial charge in [0.05, 0.1) is 0 Å². The fraction of sp³-hybridized carbons (Fsp3) is 0.889. The number of carbonyl (C=O) groups is 1. The Labute approximate surface area is 72.9 Å². The first-order valence-electron chi connectivity index (χ1n) is 4.84. The number of urea groups is 1. The number of nitrogens with one attached hydrogen (secondary N) is 2. The van der Waals surface area contributed by atoms with Crippen molar-refractivity contribution in [1.82, 2.24) is 10.6 Å². The first-order chi connectivity index (χ1) is 5.77. The molecule has 68 valence electrons. The standard InChI is InChI=1S/C9H16N2O/c1-6-7-4-2-3-5-8(7)11-9(12)10-6/h6-8H,2-5H2,1H3,(H2,10,11,12). The van der Waals surface area contributed by atoms with Gasteiger partial charge >= 0.3 is 6.03 Å². The molecule has 0 aromatic rings. The van der Waals surface area contributed by atoms with Crippen LogP contribution in [-0.4, -0.2) is 18.1 Å². The molecule has 3 nitrogen and oxygen atoms in total. The van der Waals surface area contributed by atoms with Crippen LogP contribution in [-0.2, 0) is 0 Å². The van der Waals surface area contributed by atoms with E-state index in [9.17, 15) is 4.79 Å². The fourth-order valence-electron chi connectivity index (χ4n) is 2.46. The topological polar surface area (TPSA) is 41.1 Å². The minimum Gasteiger partial charge on any atom is -0.335 e. The van der Waals surface area contributed by atoms with Gasteiger partial charge in [0, 0.05) is 12.1 Å². The predicted octanol–water partition coefficient (Wildman–Crippen LogP) is 1.25. The van der Waals surface area contributed by atoms with Crippen LogP contribution in [0.4, 0.5) is 4.79 Å². The molecule has 12 heavy (non-hydrogen) atoms. The van der Waals surface area contributed by atoms with Crippen LogP contribution < -0.4 is 10.6 Å². The Hall–Kier alpha value is -0.730. The van der Waals surface area contributed by atoms with E-state index in [1.54, 1.807) is 0 Å².